The van der Waals surface area contributed by atoms with Crippen molar-refractivity contribution in [3.05, 3.63) is 29.7 Å². The van der Waals surface area contributed by atoms with Gasteiger partial charge in [-0.1, -0.05) is 6.07 Å². The first-order valence-corrected chi connectivity index (χ1v) is 4.84. The lowest BCUT2D eigenvalue weighted by atomic mass is 10.3. The summed E-state index contributed by atoms with van der Waals surface area (Å²) in [6, 6.07) is 4.98. The predicted octanol–water partition coefficient (Wildman–Crippen LogP) is 1.30. The van der Waals surface area contributed by atoms with E-state index >= 15 is 0 Å². The molecule has 15 heavy (non-hydrogen) atoms. The third kappa shape index (κ3) is 1.27. The Bertz CT molecular complexity index is 543. The molecule has 2 aromatic rings. The molecule has 0 saturated heterocycles. The second-order valence-corrected chi connectivity index (χ2v) is 3.73. The topological polar surface area (TPSA) is 67.5 Å². The fourth-order valence-corrected chi connectivity index (χ4v) is 1.60. The summed E-state index contributed by atoms with van der Waals surface area (Å²) in [7, 11) is 0. The van der Waals surface area contributed by atoms with E-state index in [0.29, 0.717) is 11.6 Å². The maximum atomic E-state index is 10.9. The smallest absolute Gasteiger partial charge is 0.354 e. The van der Waals surface area contributed by atoms with Crippen molar-refractivity contribution < 1.29 is 9.90 Å². The van der Waals surface area contributed by atoms with E-state index in [0.717, 1.165) is 18.7 Å². The van der Waals surface area contributed by atoms with E-state index < -0.39 is 5.97 Å². The minimum Gasteiger partial charge on any atom is -0.477 e. The molecule has 0 atom stereocenters. The van der Waals surface area contributed by atoms with E-state index in [1.54, 1.807) is 12.1 Å². The molecular formula is C10H9N3O2. The van der Waals surface area contributed by atoms with Gasteiger partial charge in [-0.2, -0.15) is 5.10 Å². The van der Waals surface area contributed by atoms with E-state index in [1.165, 1.54) is 10.6 Å². The van der Waals surface area contributed by atoms with Gasteiger partial charge in [-0.05, 0) is 25.0 Å². The molecule has 1 fully saturated rings. The van der Waals surface area contributed by atoms with Gasteiger partial charge in [-0.15, -0.1) is 0 Å². The molecule has 3 rings (SSSR count). The van der Waals surface area contributed by atoms with E-state index in [1.807, 2.05) is 0 Å². The SMILES string of the molecule is O=C(O)c1cccc2nc(C3CC3)nn12. The normalized spacial score (nSPS) is 15.7. The molecule has 0 spiro atoms. The van der Waals surface area contributed by atoms with Gasteiger partial charge in [0.15, 0.2) is 17.2 Å². The predicted molar refractivity (Wildman–Crippen MR) is 51.9 cm³/mol. The number of fused-ring (bicyclic) bond motifs is 1. The summed E-state index contributed by atoms with van der Waals surface area (Å²) in [4.78, 5) is 15.2. The number of pyridine rings is 1. The zero-order chi connectivity index (χ0) is 10.4. The van der Waals surface area contributed by atoms with Crippen LogP contribution in [0.25, 0.3) is 5.65 Å². The summed E-state index contributed by atoms with van der Waals surface area (Å²) >= 11 is 0. The quantitative estimate of drug-likeness (QED) is 0.798. The molecule has 0 bridgehead atoms. The summed E-state index contributed by atoms with van der Waals surface area (Å²) in [5.74, 6) is 0.225. The minimum atomic E-state index is -0.979. The van der Waals surface area contributed by atoms with Gasteiger partial charge in [0, 0.05) is 5.92 Å². The molecule has 1 aliphatic rings. The fourth-order valence-electron chi connectivity index (χ4n) is 1.60. The molecule has 1 saturated carbocycles. The lowest BCUT2D eigenvalue weighted by Crippen LogP contribution is -2.05. The molecular weight excluding hydrogens is 194 g/mol. The van der Waals surface area contributed by atoms with Gasteiger partial charge >= 0.3 is 5.97 Å². The number of nitrogens with zero attached hydrogens (tertiary/aromatic N) is 3. The Kier molecular flexibility index (Phi) is 1.56. The number of carbonyl (C=O) groups is 1. The lowest BCUT2D eigenvalue weighted by molar-refractivity contribution is 0.0687. The van der Waals surface area contributed by atoms with Gasteiger partial charge in [0.25, 0.3) is 0 Å². The van der Waals surface area contributed by atoms with Crippen LogP contribution in [0.4, 0.5) is 0 Å². The zero-order valence-corrected chi connectivity index (χ0v) is 7.92. The van der Waals surface area contributed by atoms with Gasteiger partial charge in [0.1, 0.15) is 0 Å². The zero-order valence-electron chi connectivity index (χ0n) is 7.92. The number of carboxylic acid groups (broad SMARTS) is 1. The highest BCUT2D eigenvalue weighted by atomic mass is 16.4. The van der Waals surface area contributed by atoms with Crippen LogP contribution < -0.4 is 0 Å². The molecule has 1 aliphatic carbocycles. The second-order valence-electron chi connectivity index (χ2n) is 3.73. The van der Waals surface area contributed by atoms with Crippen LogP contribution in [0.15, 0.2) is 18.2 Å². The molecule has 2 heterocycles. The van der Waals surface area contributed by atoms with Crippen LogP contribution in [0.5, 0.6) is 0 Å². The Labute approximate surface area is 85.4 Å². The third-order valence-corrected chi connectivity index (χ3v) is 2.54. The minimum absolute atomic E-state index is 0.159. The number of hydrogen-bond donors (Lipinski definition) is 1. The maximum absolute atomic E-state index is 10.9. The Morgan fingerprint density at radius 2 is 2.27 bits per heavy atom. The first-order valence-electron chi connectivity index (χ1n) is 4.84. The molecule has 0 aliphatic heterocycles. The molecule has 0 aromatic carbocycles. The molecule has 5 nitrogen and oxygen atoms in total. The van der Waals surface area contributed by atoms with Crippen molar-refractivity contribution in [2.24, 2.45) is 0 Å². The molecule has 76 valence electrons. The van der Waals surface area contributed by atoms with Gasteiger partial charge in [0.05, 0.1) is 0 Å². The van der Waals surface area contributed by atoms with E-state index in [4.69, 9.17) is 5.11 Å². The number of aromatic carboxylic acids is 1. The average molecular weight is 203 g/mol. The van der Waals surface area contributed by atoms with Gasteiger partial charge in [-0.25, -0.2) is 14.3 Å². The molecule has 5 heteroatoms. The number of carboxylic acids is 1. The van der Waals surface area contributed by atoms with Crippen molar-refractivity contribution in [1.82, 2.24) is 14.6 Å². The Morgan fingerprint density at radius 1 is 1.47 bits per heavy atom. The first-order chi connectivity index (χ1) is 7.25. The van der Waals surface area contributed by atoms with Crippen molar-refractivity contribution in [2.75, 3.05) is 0 Å². The van der Waals surface area contributed by atoms with Crippen molar-refractivity contribution in [3.63, 3.8) is 0 Å². The van der Waals surface area contributed by atoms with E-state index in [9.17, 15) is 4.79 Å². The summed E-state index contributed by atoms with van der Waals surface area (Å²) in [5, 5.41) is 13.2. The third-order valence-electron chi connectivity index (χ3n) is 2.54. The molecule has 2 aromatic heterocycles. The molecule has 0 unspecified atom stereocenters. The Hall–Kier alpha value is -1.91. The van der Waals surface area contributed by atoms with Crippen molar-refractivity contribution >= 4 is 11.6 Å². The molecule has 1 N–H and O–H groups in total. The molecule has 0 radical (unpaired) electrons. The van der Waals surface area contributed by atoms with Gasteiger partial charge < -0.3 is 5.11 Å². The summed E-state index contributed by atoms with van der Waals surface area (Å²) in [6.45, 7) is 0. The largest absolute Gasteiger partial charge is 0.477 e. The van der Waals surface area contributed by atoms with Crippen molar-refractivity contribution in [2.45, 2.75) is 18.8 Å². The highest BCUT2D eigenvalue weighted by Gasteiger charge is 2.28. The number of hydrogen-bond acceptors (Lipinski definition) is 3. The standard InChI is InChI=1S/C10H9N3O2/c14-10(15)7-2-1-3-8-11-9(6-4-5-6)12-13(7)8/h1-3,6H,4-5H2,(H,14,15). The average Bonchev–Trinajstić information content (AvgIpc) is 2.96. The van der Waals surface area contributed by atoms with Gasteiger partial charge in [0.2, 0.25) is 0 Å². The highest BCUT2D eigenvalue weighted by molar-refractivity contribution is 5.86. The van der Waals surface area contributed by atoms with Crippen LogP contribution in [0, 0.1) is 0 Å². The van der Waals surface area contributed by atoms with Crippen LogP contribution in [-0.4, -0.2) is 25.7 Å². The lowest BCUT2D eigenvalue weighted by Gasteiger charge is -1.96. The summed E-state index contributed by atoms with van der Waals surface area (Å²) in [6.07, 6.45) is 2.22. The van der Waals surface area contributed by atoms with Crippen LogP contribution >= 0.6 is 0 Å². The van der Waals surface area contributed by atoms with Crippen molar-refractivity contribution in [1.29, 1.82) is 0 Å². The van der Waals surface area contributed by atoms with E-state index in [2.05, 4.69) is 10.1 Å². The number of rotatable bonds is 2. The second kappa shape index (κ2) is 2.79. The van der Waals surface area contributed by atoms with Crippen LogP contribution in [-0.2, 0) is 0 Å². The summed E-state index contributed by atoms with van der Waals surface area (Å²) < 4.78 is 1.40. The van der Waals surface area contributed by atoms with Crippen LogP contribution in [0.3, 0.4) is 0 Å². The van der Waals surface area contributed by atoms with Gasteiger partial charge in [-0.3, -0.25) is 0 Å². The molecule has 0 amide bonds. The maximum Gasteiger partial charge on any atom is 0.354 e. The first kappa shape index (κ1) is 8.40. The van der Waals surface area contributed by atoms with Crippen LogP contribution in [0.1, 0.15) is 35.1 Å². The summed E-state index contributed by atoms with van der Waals surface area (Å²) in [5.41, 5.74) is 0.767. The monoisotopic (exact) mass is 203 g/mol. The Balaban J connectivity index is 2.23. The fraction of sp³-hybridized carbons (Fsp3) is 0.300. The Morgan fingerprint density at radius 3 is 2.93 bits per heavy atom. The van der Waals surface area contributed by atoms with Crippen LogP contribution in [0.2, 0.25) is 0 Å². The van der Waals surface area contributed by atoms with Crippen molar-refractivity contribution in [3.8, 4) is 0 Å². The highest BCUT2D eigenvalue weighted by Crippen LogP contribution is 2.38. The van der Waals surface area contributed by atoms with E-state index in [-0.39, 0.29) is 5.69 Å². The number of aromatic nitrogens is 3.